The Hall–Kier alpha value is -1.96. The minimum absolute atomic E-state index is 0.0212. The molecule has 1 aromatic heterocycles. The lowest BCUT2D eigenvalue weighted by Crippen LogP contribution is -2.27. The summed E-state index contributed by atoms with van der Waals surface area (Å²) in [5.74, 6) is 0. The van der Waals surface area contributed by atoms with Crippen molar-refractivity contribution in [1.29, 1.82) is 0 Å². The van der Waals surface area contributed by atoms with E-state index in [4.69, 9.17) is 0 Å². The van der Waals surface area contributed by atoms with Crippen LogP contribution in [-0.2, 0) is 15.4 Å². The van der Waals surface area contributed by atoms with Gasteiger partial charge in [-0.2, -0.15) is 0 Å². The van der Waals surface area contributed by atoms with Crippen molar-refractivity contribution in [2.24, 2.45) is 0 Å². The summed E-state index contributed by atoms with van der Waals surface area (Å²) < 4.78 is 30.9. The van der Waals surface area contributed by atoms with E-state index < -0.39 is 10.0 Å². The number of hydrogen-bond acceptors (Lipinski definition) is 4. The van der Waals surface area contributed by atoms with E-state index in [9.17, 15) is 13.2 Å². The molecule has 3 aromatic rings. The second-order valence-electron chi connectivity index (χ2n) is 8.68. The van der Waals surface area contributed by atoms with Gasteiger partial charge in [-0.1, -0.05) is 56.4 Å². The predicted octanol–water partition coefficient (Wildman–Crippen LogP) is 4.98. The highest BCUT2D eigenvalue weighted by atomic mass is 32.2. The summed E-state index contributed by atoms with van der Waals surface area (Å²) in [5, 5.41) is 0. The molecule has 156 valence electrons. The molecular formula is C22H28N2O3S2. The van der Waals surface area contributed by atoms with Crippen LogP contribution < -0.4 is 9.60 Å². The summed E-state index contributed by atoms with van der Waals surface area (Å²) in [6.07, 6.45) is 0. The Balaban J connectivity index is 1.88. The fourth-order valence-electron chi connectivity index (χ4n) is 3.31. The number of aromatic nitrogens is 1. The molecule has 0 amide bonds. The van der Waals surface area contributed by atoms with Gasteiger partial charge in [0.2, 0.25) is 10.0 Å². The zero-order chi connectivity index (χ0) is 21.6. The minimum atomic E-state index is -3.72. The molecular weight excluding hydrogens is 404 g/mol. The Labute approximate surface area is 176 Å². The summed E-state index contributed by atoms with van der Waals surface area (Å²) in [6.45, 7) is 12.1. The fraction of sp³-hybridized carbons (Fsp3) is 0.409. The highest BCUT2D eigenvalue weighted by Gasteiger charge is 2.21. The maximum Gasteiger partial charge on any atom is 0.308 e. The van der Waals surface area contributed by atoms with E-state index in [1.807, 2.05) is 45.0 Å². The maximum absolute atomic E-state index is 12.9. The third-order valence-electron chi connectivity index (χ3n) is 5.02. The minimum Gasteiger partial charge on any atom is -0.296 e. The van der Waals surface area contributed by atoms with E-state index in [1.165, 1.54) is 5.56 Å². The topological polar surface area (TPSA) is 68.2 Å². The molecule has 1 N–H and O–H groups in total. The van der Waals surface area contributed by atoms with Gasteiger partial charge in [0.15, 0.2) is 0 Å². The maximum atomic E-state index is 12.9. The summed E-state index contributed by atoms with van der Waals surface area (Å²) in [4.78, 5) is 12.3. The molecule has 0 spiro atoms. The van der Waals surface area contributed by atoms with Crippen molar-refractivity contribution in [3.63, 3.8) is 0 Å². The lowest BCUT2D eigenvalue weighted by Gasteiger charge is -2.20. The average Bonchev–Trinajstić information content (AvgIpc) is 2.95. The van der Waals surface area contributed by atoms with E-state index in [0.29, 0.717) is 4.70 Å². The number of thiazole rings is 1. The molecule has 0 bridgehead atoms. The van der Waals surface area contributed by atoms with Crippen LogP contribution in [0.25, 0.3) is 10.2 Å². The lowest BCUT2D eigenvalue weighted by atomic mass is 9.86. The monoisotopic (exact) mass is 432 g/mol. The zero-order valence-electron chi connectivity index (χ0n) is 17.7. The first-order valence-electron chi connectivity index (χ1n) is 9.68. The number of benzene rings is 2. The molecule has 7 heteroatoms. The molecule has 0 fully saturated rings. The molecule has 29 heavy (non-hydrogen) atoms. The summed E-state index contributed by atoms with van der Waals surface area (Å²) in [7, 11) is -3.72. The molecule has 0 radical (unpaired) electrons. The first-order chi connectivity index (χ1) is 13.4. The smallest absolute Gasteiger partial charge is 0.296 e. The molecule has 0 saturated carbocycles. The normalized spacial score (nSPS) is 13.9. The molecule has 3 rings (SSSR count). The Morgan fingerprint density at radius 1 is 1.00 bits per heavy atom. The van der Waals surface area contributed by atoms with E-state index in [2.05, 4.69) is 25.5 Å². The van der Waals surface area contributed by atoms with Crippen LogP contribution in [0.3, 0.4) is 0 Å². The van der Waals surface area contributed by atoms with Gasteiger partial charge < -0.3 is 0 Å². The van der Waals surface area contributed by atoms with E-state index in [0.717, 1.165) is 22.4 Å². The van der Waals surface area contributed by atoms with Crippen molar-refractivity contribution in [2.75, 3.05) is 0 Å². The summed E-state index contributed by atoms with van der Waals surface area (Å²) in [6, 6.07) is 12.5. The van der Waals surface area contributed by atoms with Crippen LogP contribution in [0, 0.1) is 0 Å². The van der Waals surface area contributed by atoms with E-state index in [-0.39, 0.29) is 27.3 Å². The summed E-state index contributed by atoms with van der Waals surface area (Å²) in [5.41, 5.74) is 2.91. The van der Waals surface area contributed by atoms with Crippen molar-refractivity contribution in [1.82, 2.24) is 9.29 Å². The van der Waals surface area contributed by atoms with Crippen molar-refractivity contribution in [2.45, 2.75) is 63.9 Å². The predicted molar refractivity (Wildman–Crippen MR) is 120 cm³/mol. The van der Waals surface area contributed by atoms with Gasteiger partial charge >= 0.3 is 4.87 Å². The quantitative estimate of drug-likeness (QED) is 0.618. The van der Waals surface area contributed by atoms with Crippen molar-refractivity contribution >= 4 is 31.6 Å². The van der Waals surface area contributed by atoms with E-state index >= 15 is 0 Å². The Bertz CT molecular complexity index is 1180. The van der Waals surface area contributed by atoms with Gasteiger partial charge in [0.25, 0.3) is 0 Å². The molecule has 1 unspecified atom stereocenters. The first-order valence-corrected chi connectivity index (χ1v) is 12.0. The molecule has 0 aliphatic rings. The molecule has 0 aliphatic carbocycles. The van der Waals surface area contributed by atoms with Gasteiger partial charge in [-0.25, -0.2) is 13.1 Å². The van der Waals surface area contributed by atoms with Gasteiger partial charge in [0, 0.05) is 12.1 Å². The largest absolute Gasteiger partial charge is 0.308 e. The number of sulfonamides is 1. The third-order valence-corrected chi connectivity index (χ3v) is 7.48. The van der Waals surface area contributed by atoms with Gasteiger partial charge in [-0.3, -0.25) is 9.36 Å². The van der Waals surface area contributed by atoms with Crippen LogP contribution in [0.15, 0.2) is 52.2 Å². The van der Waals surface area contributed by atoms with E-state index in [1.54, 1.807) is 22.8 Å². The number of hydrogen-bond donors (Lipinski definition) is 1. The molecule has 1 atom stereocenters. The zero-order valence-corrected chi connectivity index (χ0v) is 19.3. The van der Waals surface area contributed by atoms with Crippen molar-refractivity contribution in [3.05, 3.63) is 63.3 Å². The number of fused-ring (bicyclic) bond motifs is 1. The molecule has 1 heterocycles. The van der Waals surface area contributed by atoms with Crippen LogP contribution in [-0.4, -0.2) is 13.0 Å². The van der Waals surface area contributed by atoms with Crippen molar-refractivity contribution < 1.29 is 8.42 Å². The number of nitrogens with one attached hydrogen (secondary N) is 1. The second kappa shape index (κ2) is 7.70. The third kappa shape index (κ3) is 4.47. The Kier molecular flexibility index (Phi) is 5.77. The fourth-order valence-corrected chi connectivity index (χ4v) is 5.70. The standard InChI is InChI=1S/C22H28N2O3S2/c1-14(2)24-19-12-11-18(13-20(19)28-21(24)25)29(26,27)23-15(3)16-7-9-17(10-8-16)22(4,5)6/h7-15,23H,1-6H3. The lowest BCUT2D eigenvalue weighted by molar-refractivity contribution is 0.566. The summed E-state index contributed by atoms with van der Waals surface area (Å²) >= 11 is 1.07. The van der Waals surface area contributed by atoms with Crippen LogP contribution >= 0.6 is 11.3 Å². The SMILES string of the molecule is CC(NS(=O)(=O)c1ccc2c(c1)sc(=O)n2C(C)C)c1ccc(C(C)(C)C)cc1. The van der Waals surface area contributed by atoms with Crippen LogP contribution in [0.2, 0.25) is 0 Å². The van der Waals surface area contributed by atoms with Crippen LogP contribution in [0.4, 0.5) is 0 Å². The average molecular weight is 433 g/mol. The van der Waals surface area contributed by atoms with Crippen LogP contribution in [0.5, 0.6) is 0 Å². The highest BCUT2D eigenvalue weighted by Crippen LogP contribution is 2.26. The molecule has 5 nitrogen and oxygen atoms in total. The second-order valence-corrected chi connectivity index (χ2v) is 11.4. The van der Waals surface area contributed by atoms with Gasteiger partial charge in [-0.05, 0) is 55.5 Å². The van der Waals surface area contributed by atoms with Crippen molar-refractivity contribution in [3.8, 4) is 0 Å². The molecule has 0 aliphatic heterocycles. The van der Waals surface area contributed by atoms with Gasteiger partial charge in [0.05, 0.1) is 15.1 Å². The Morgan fingerprint density at radius 2 is 1.62 bits per heavy atom. The number of rotatable bonds is 5. The number of nitrogens with zero attached hydrogens (tertiary/aromatic N) is 1. The van der Waals surface area contributed by atoms with Gasteiger partial charge in [-0.15, -0.1) is 0 Å². The Morgan fingerprint density at radius 3 is 2.17 bits per heavy atom. The molecule has 2 aromatic carbocycles. The van der Waals surface area contributed by atoms with Gasteiger partial charge in [0.1, 0.15) is 0 Å². The highest BCUT2D eigenvalue weighted by molar-refractivity contribution is 7.89. The first kappa shape index (κ1) is 21.7. The van der Waals surface area contributed by atoms with Crippen LogP contribution in [0.1, 0.15) is 64.8 Å². The molecule has 0 saturated heterocycles.